The van der Waals surface area contributed by atoms with Gasteiger partial charge >= 0.3 is 0 Å². The van der Waals surface area contributed by atoms with E-state index in [0.717, 1.165) is 47.9 Å². The molecule has 2 heteroatoms. The molecule has 0 fully saturated rings. The van der Waals surface area contributed by atoms with Crippen LogP contribution in [0.5, 0.6) is 0 Å². The van der Waals surface area contributed by atoms with Gasteiger partial charge in [0.25, 0.3) is 0 Å². The van der Waals surface area contributed by atoms with E-state index >= 15 is 0 Å². The molecule has 0 bridgehead atoms. The normalized spacial score (nSPS) is 15.6. The molecule has 5 rings (SSSR count). The maximum atomic E-state index is 13.7. The molecule has 152 valence electrons. The molecular weight excluding hydrogens is 371 g/mol. The highest BCUT2D eigenvalue weighted by Gasteiger charge is 2.25. The van der Waals surface area contributed by atoms with Gasteiger partial charge in [0, 0.05) is 0 Å². The van der Waals surface area contributed by atoms with Crippen LogP contribution in [0, 0.1) is 5.82 Å². The quantitative estimate of drug-likeness (QED) is 0.490. The van der Waals surface area contributed by atoms with E-state index in [-0.39, 0.29) is 12.4 Å². The monoisotopic (exact) mass is 398 g/mol. The molecule has 3 aromatic rings. The molecule has 0 spiro atoms. The van der Waals surface area contributed by atoms with Gasteiger partial charge < -0.3 is 5.11 Å². The van der Waals surface area contributed by atoms with Crippen molar-refractivity contribution in [2.45, 2.75) is 52.1 Å². The second-order valence-electron chi connectivity index (χ2n) is 8.79. The Bertz CT molecular complexity index is 1200. The number of fused-ring (bicyclic) bond motifs is 4. The third-order valence-electron chi connectivity index (χ3n) is 6.71. The molecule has 0 heterocycles. The second-order valence-corrected chi connectivity index (χ2v) is 8.79. The van der Waals surface area contributed by atoms with Crippen molar-refractivity contribution in [2.24, 2.45) is 0 Å². The predicted octanol–water partition coefficient (Wildman–Crippen LogP) is 7.31. The second kappa shape index (κ2) is 7.52. The van der Waals surface area contributed by atoms with E-state index in [1.807, 2.05) is 12.1 Å². The maximum absolute atomic E-state index is 13.7. The smallest absolute Gasteiger partial charge is 0.123 e. The number of aryl methyl sites for hydroxylation is 1. The Balaban J connectivity index is 1.89. The number of rotatable bonds is 3. The third kappa shape index (κ3) is 3.02. The summed E-state index contributed by atoms with van der Waals surface area (Å²) < 4.78 is 13.7. The lowest BCUT2D eigenvalue weighted by atomic mass is 9.76. The molecule has 0 amide bonds. The molecule has 30 heavy (non-hydrogen) atoms. The summed E-state index contributed by atoms with van der Waals surface area (Å²) in [5.74, 6) is 0.0557. The molecule has 1 N–H and O–H groups in total. The average Bonchev–Trinajstić information content (AvgIpc) is 2.77. The highest BCUT2D eigenvalue weighted by atomic mass is 19.1. The summed E-state index contributed by atoms with van der Waals surface area (Å²) in [6, 6.07) is 13.5. The van der Waals surface area contributed by atoms with Gasteiger partial charge in [-0.15, -0.1) is 0 Å². The van der Waals surface area contributed by atoms with Crippen LogP contribution in [0.3, 0.4) is 0 Å². The van der Waals surface area contributed by atoms with E-state index in [0.29, 0.717) is 5.92 Å². The molecule has 0 saturated heterocycles. The van der Waals surface area contributed by atoms with Crippen LogP contribution in [0.4, 0.5) is 4.39 Å². The molecule has 2 aliphatic rings. The van der Waals surface area contributed by atoms with Crippen LogP contribution in [0.2, 0.25) is 0 Å². The predicted molar refractivity (Wildman–Crippen MR) is 123 cm³/mol. The van der Waals surface area contributed by atoms with Crippen molar-refractivity contribution in [2.75, 3.05) is 0 Å². The highest BCUT2D eigenvalue weighted by molar-refractivity contribution is 6.04. The van der Waals surface area contributed by atoms with E-state index in [2.05, 4.69) is 44.2 Å². The minimum atomic E-state index is -0.238. The standard InChI is InChI=1S/C28H27FO/c1-17(2)25-15-20-10-13-23-22-6-4-3-5-18(22)9-14-24(23)28(20)27(26(25)16-30)19-7-11-21(29)12-8-19/h4,6-8,10-13,15,17,30H,3,5,9,14,16H2,1-2H3. The fraction of sp³-hybridized carbons (Fsp3) is 0.286. The first-order valence-electron chi connectivity index (χ1n) is 11.0. The van der Waals surface area contributed by atoms with Crippen LogP contribution >= 0.6 is 0 Å². The van der Waals surface area contributed by atoms with E-state index < -0.39 is 0 Å². The van der Waals surface area contributed by atoms with Crippen LogP contribution in [0.15, 0.2) is 60.2 Å². The Morgan fingerprint density at radius 2 is 1.80 bits per heavy atom. The molecule has 0 aromatic heterocycles. The molecular formula is C28H27FO. The highest BCUT2D eigenvalue weighted by Crippen LogP contribution is 2.45. The van der Waals surface area contributed by atoms with Crippen molar-refractivity contribution in [1.29, 1.82) is 0 Å². The summed E-state index contributed by atoms with van der Waals surface area (Å²) in [6.07, 6.45) is 8.96. The molecule has 0 saturated carbocycles. The summed E-state index contributed by atoms with van der Waals surface area (Å²) in [5.41, 5.74) is 9.81. The minimum absolute atomic E-state index is 0.0202. The van der Waals surface area contributed by atoms with Crippen molar-refractivity contribution in [1.82, 2.24) is 0 Å². The first-order chi connectivity index (χ1) is 14.6. The fourth-order valence-electron chi connectivity index (χ4n) is 5.29. The Morgan fingerprint density at radius 1 is 1.00 bits per heavy atom. The Labute approximate surface area is 177 Å². The van der Waals surface area contributed by atoms with Gasteiger partial charge in [-0.05, 0) is 93.5 Å². The van der Waals surface area contributed by atoms with Crippen LogP contribution in [0.1, 0.15) is 61.3 Å². The summed E-state index contributed by atoms with van der Waals surface area (Å²) in [4.78, 5) is 0. The van der Waals surface area contributed by atoms with Gasteiger partial charge in [0.15, 0.2) is 0 Å². The van der Waals surface area contributed by atoms with E-state index in [1.54, 1.807) is 5.57 Å². The number of halogens is 1. The molecule has 2 aliphatic carbocycles. The number of hydrogen-bond acceptors (Lipinski definition) is 1. The van der Waals surface area contributed by atoms with Gasteiger partial charge in [0.05, 0.1) is 6.61 Å². The van der Waals surface area contributed by atoms with Gasteiger partial charge in [-0.1, -0.05) is 61.9 Å². The average molecular weight is 399 g/mol. The van der Waals surface area contributed by atoms with Gasteiger partial charge in [-0.3, -0.25) is 0 Å². The maximum Gasteiger partial charge on any atom is 0.123 e. The van der Waals surface area contributed by atoms with Crippen molar-refractivity contribution in [3.05, 3.63) is 88.3 Å². The zero-order valence-electron chi connectivity index (χ0n) is 17.6. The molecule has 0 atom stereocenters. The molecule has 0 aliphatic heterocycles. The number of aliphatic hydroxyl groups is 1. The minimum Gasteiger partial charge on any atom is -0.392 e. The number of aliphatic hydroxyl groups excluding tert-OH is 1. The van der Waals surface area contributed by atoms with Gasteiger partial charge in [0.1, 0.15) is 5.82 Å². The van der Waals surface area contributed by atoms with Gasteiger partial charge in [-0.2, -0.15) is 0 Å². The van der Waals surface area contributed by atoms with Crippen molar-refractivity contribution < 1.29 is 9.50 Å². The van der Waals surface area contributed by atoms with Crippen LogP contribution in [-0.4, -0.2) is 5.11 Å². The fourth-order valence-corrected chi connectivity index (χ4v) is 5.29. The van der Waals surface area contributed by atoms with Gasteiger partial charge in [0.2, 0.25) is 0 Å². The largest absolute Gasteiger partial charge is 0.392 e. The van der Waals surface area contributed by atoms with Crippen LogP contribution in [-0.2, 0) is 13.0 Å². The van der Waals surface area contributed by atoms with Gasteiger partial charge in [-0.25, -0.2) is 4.39 Å². The molecule has 1 nitrogen and oxygen atoms in total. The Hall–Kier alpha value is -2.71. The summed E-state index contributed by atoms with van der Waals surface area (Å²) in [7, 11) is 0. The van der Waals surface area contributed by atoms with E-state index in [1.165, 1.54) is 39.6 Å². The number of benzene rings is 3. The Morgan fingerprint density at radius 3 is 2.53 bits per heavy atom. The summed E-state index contributed by atoms with van der Waals surface area (Å²) in [6.45, 7) is 4.31. The first-order valence-corrected chi connectivity index (χ1v) is 11.0. The van der Waals surface area contributed by atoms with E-state index in [9.17, 15) is 9.50 Å². The van der Waals surface area contributed by atoms with Crippen molar-refractivity contribution in [3.8, 4) is 11.1 Å². The SMILES string of the molecule is CC(C)c1cc2ccc3c(c2c(-c2ccc(F)cc2)c1CO)CCC1=C3C=CCC1. The Kier molecular flexibility index (Phi) is 4.83. The zero-order valence-corrected chi connectivity index (χ0v) is 17.6. The topological polar surface area (TPSA) is 20.2 Å². The number of allylic oxidation sites excluding steroid dienone is 4. The van der Waals surface area contributed by atoms with Crippen LogP contribution in [0.25, 0.3) is 27.5 Å². The lowest BCUT2D eigenvalue weighted by Gasteiger charge is -2.28. The molecule has 0 unspecified atom stereocenters. The molecule has 0 radical (unpaired) electrons. The lowest BCUT2D eigenvalue weighted by molar-refractivity contribution is 0.281. The number of hydrogen-bond donors (Lipinski definition) is 1. The zero-order chi connectivity index (χ0) is 20.8. The van der Waals surface area contributed by atoms with Crippen molar-refractivity contribution >= 4 is 16.3 Å². The van der Waals surface area contributed by atoms with Crippen LogP contribution < -0.4 is 0 Å². The third-order valence-corrected chi connectivity index (χ3v) is 6.71. The molecule has 3 aromatic carbocycles. The summed E-state index contributed by atoms with van der Waals surface area (Å²) >= 11 is 0. The lowest BCUT2D eigenvalue weighted by Crippen LogP contribution is -2.09. The van der Waals surface area contributed by atoms with Crippen molar-refractivity contribution in [3.63, 3.8) is 0 Å². The van der Waals surface area contributed by atoms with E-state index in [4.69, 9.17) is 0 Å². The summed E-state index contributed by atoms with van der Waals surface area (Å²) in [5, 5.41) is 12.8. The first kappa shape index (κ1) is 19.3.